The number of halogens is 1. The van der Waals surface area contributed by atoms with E-state index in [1.807, 2.05) is 26.0 Å². The Morgan fingerprint density at radius 3 is 2.62 bits per heavy atom. The zero-order valence-electron chi connectivity index (χ0n) is 13.2. The first-order valence-electron chi connectivity index (χ1n) is 7.30. The summed E-state index contributed by atoms with van der Waals surface area (Å²) in [4.78, 5) is 11.7. The highest BCUT2D eigenvalue weighted by Gasteiger charge is 2.11. The predicted molar refractivity (Wildman–Crippen MR) is 86.8 cm³/mol. The number of carbonyl (C=O) groups excluding carboxylic acids is 1. The molecule has 5 heteroatoms. The monoisotopic (exact) mass is 312 g/mol. The molecule has 118 valence electrons. The molecule has 0 spiro atoms. The number of hydrogen-bond acceptors (Lipinski definition) is 3. The van der Waals surface area contributed by atoms with Crippen molar-refractivity contribution in [2.45, 2.75) is 40.3 Å². The molecule has 0 saturated heterocycles. The van der Waals surface area contributed by atoms with E-state index < -0.39 is 0 Å². The minimum absolute atomic E-state index is 0.0287. The van der Waals surface area contributed by atoms with Crippen LogP contribution in [0.2, 0.25) is 5.02 Å². The van der Waals surface area contributed by atoms with E-state index in [0.717, 1.165) is 12.1 Å². The van der Waals surface area contributed by atoms with Crippen LogP contribution in [-0.4, -0.2) is 25.1 Å². The number of rotatable bonds is 8. The zero-order chi connectivity index (χ0) is 15.8. The number of amides is 1. The van der Waals surface area contributed by atoms with Gasteiger partial charge < -0.3 is 15.4 Å². The molecule has 2 N–H and O–H groups in total. The van der Waals surface area contributed by atoms with E-state index in [9.17, 15) is 4.79 Å². The van der Waals surface area contributed by atoms with Gasteiger partial charge in [0.25, 0.3) is 5.91 Å². The van der Waals surface area contributed by atoms with Crippen LogP contribution < -0.4 is 15.4 Å². The second-order valence-electron chi connectivity index (χ2n) is 5.76. The third kappa shape index (κ3) is 6.82. The van der Waals surface area contributed by atoms with Gasteiger partial charge in [-0.3, -0.25) is 4.79 Å². The normalized spacial score (nSPS) is 11.0. The van der Waals surface area contributed by atoms with E-state index >= 15 is 0 Å². The SMILES string of the molecule is CC(C)CNCc1cccc(Cl)c1OCC(=O)NC(C)C. The summed E-state index contributed by atoms with van der Waals surface area (Å²) in [7, 11) is 0. The highest BCUT2D eigenvalue weighted by molar-refractivity contribution is 6.32. The highest BCUT2D eigenvalue weighted by atomic mass is 35.5. The molecule has 21 heavy (non-hydrogen) atoms. The molecule has 0 atom stereocenters. The molecule has 0 radical (unpaired) electrons. The van der Waals surface area contributed by atoms with Crippen LogP contribution in [0, 0.1) is 5.92 Å². The molecule has 1 amide bonds. The van der Waals surface area contributed by atoms with Gasteiger partial charge in [-0.1, -0.05) is 37.6 Å². The molecule has 1 rings (SSSR count). The lowest BCUT2D eigenvalue weighted by Gasteiger charge is -2.15. The average molecular weight is 313 g/mol. The number of ether oxygens (including phenoxy) is 1. The quantitative estimate of drug-likeness (QED) is 0.776. The maximum Gasteiger partial charge on any atom is 0.258 e. The number of hydrogen-bond donors (Lipinski definition) is 2. The van der Waals surface area contributed by atoms with Crippen LogP contribution in [0.25, 0.3) is 0 Å². The smallest absolute Gasteiger partial charge is 0.258 e. The summed E-state index contributed by atoms with van der Waals surface area (Å²) >= 11 is 6.18. The molecular formula is C16H25ClN2O2. The van der Waals surface area contributed by atoms with E-state index in [0.29, 0.717) is 23.2 Å². The first kappa shape index (κ1) is 17.8. The molecule has 1 aromatic carbocycles. The van der Waals surface area contributed by atoms with Crippen LogP contribution in [0.5, 0.6) is 5.75 Å². The Morgan fingerprint density at radius 1 is 1.29 bits per heavy atom. The molecular weight excluding hydrogens is 288 g/mol. The Morgan fingerprint density at radius 2 is 2.00 bits per heavy atom. The summed E-state index contributed by atoms with van der Waals surface area (Å²) in [6, 6.07) is 5.70. The topological polar surface area (TPSA) is 50.4 Å². The van der Waals surface area contributed by atoms with Crippen molar-refractivity contribution in [3.8, 4) is 5.75 Å². The number of para-hydroxylation sites is 1. The Kier molecular flexibility index (Phi) is 7.54. The predicted octanol–water partition coefficient (Wildman–Crippen LogP) is 2.99. The van der Waals surface area contributed by atoms with Gasteiger partial charge in [-0.2, -0.15) is 0 Å². The van der Waals surface area contributed by atoms with E-state index in [1.54, 1.807) is 6.07 Å². The van der Waals surface area contributed by atoms with Crippen molar-refractivity contribution in [3.63, 3.8) is 0 Å². The largest absolute Gasteiger partial charge is 0.482 e. The highest BCUT2D eigenvalue weighted by Crippen LogP contribution is 2.28. The summed E-state index contributed by atoms with van der Waals surface area (Å²) < 4.78 is 5.60. The van der Waals surface area contributed by atoms with Crippen molar-refractivity contribution >= 4 is 17.5 Å². The molecule has 4 nitrogen and oxygen atoms in total. The van der Waals surface area contributed by atoms with Gasteiger partial charge >= 0.3 is 0 Å². The summed E-state index contributed by atoms with van der Waals surface area (Å²) in [5, 5.41) is 6.66. The second kappa shape index (κ2) is 8.90. The molecule has 0 heterocycles. The van der Waals surface area contributed by atoms with Gasteiger partial charge in [0.05, 0.1) is 5.02 Å². The van der Waals surface area contributed by atoms with Crippen molar-refractivity contribution < 1.29 is 9.53 Å². The van der Waals surface area contributed by atoms with Gasteiger partial charge in [0.1, 0.15) is 5.75 Å². The van der Waals surface area contributed by atoms with Gasteiger partial charge in [-0.25, -0.2) is 0 Å². The maximum absolute atomic E-state index is 11.7. The first-order chi connectivity index (χ1) is 9.90. The van der Waals surface area contributed by atoms with Crippen LogP contribution in [0.4, 0.5) is 0 Å². The molecule has 0 aromatic heterocycles. The number of benzene rings is 1. The Labute approximate surface area is 132 Å². The second-order valence-corrected chi connectivity index (χ2v) is 6.17. The maximum atomic E-state index is 11.7. The number of carbonyl (C=O) groups is 1. The molecule has 1 aromatic rings. The molecule has 0 fully saturated rings. The van der Waals surface area contributed by atoms with Gasteiger partial charge in [-0.15, -0.1) is 0 Å². The Hall–Kier alpha value is -1.26. The fourth-order valence-corrected chi connectivity index (χ4v) is 2.10. The van der Waals surface area contributed by atoms with E-state index in [-0.39, 0.29) is 18.6 Å². The third-order valence-electron chi connectivity index (χ3n) is 2.71. The van der Waals surface area contributed by atoms with E-state index in [1.165, 1.54) is 0 Å². The van der Waals surface area contributed by atoms with Crippen LogP contribution in [0.3, 0.4) is 0 Å². The first-order valence-corrected chi connectivity index (χ1v) is 7.68. The van der Waals surface area contributed by atoms with Crippen molar-refractivity contribution in [2.75, 3.05) is 13.2 Å². The summed E-state index contributed by atoms with van der Waals surface area (Å²) in [5.74, 6) is 1.01. The standard InChI is InChI=1S/C16H25ClN2O2/c1-11(2)8-18-9-13-6-5-7-14(17)16(13)21-10-15(20)19-12(3)4/h5-7,11-12,18H,8-10H2,1-4H3,(H,19,20). The molecule has 0 unspecified atom stereocenters. The van der Waals surface area contributed by atoms with Crippen molar-refractivity contribution in [1.29, 1.82) is 0 Å². The van der Waals surface area contributed by atoms with Crippen LogP contribution >= 0.6 is 11.6 Å². The lowest BCUT2D eigenvalue weighted by atomic mass is 10.2. The molecule has 0 saturated carbocycles. The van der Waals surface area contributed by atoms with Crippen molar-refractivity contribution in [2.24, 2.45) is 5.92 Å². The Bertz CT molecular complexity index is 462. The van der Waals surface area contributed by atoms with Crippen LogP contribution in [-0.2, 0) is 11.3 Å². The lowest BCUT2D eigenvalue weighted by Crippen LogP contribution is -2.34. The molecule has 0 aliphatic heterocycles. The van der Waals surface area contributed by atoms with E-state index in [4.69, 9.17) is 16.3 Å². The van der Waals surface area contributed by atoms with Gasteiger partial charge in [0.15, 0.2) is 6.61 Å². The minimum atomic E-state index is -0.147. The lowest BCUT2D eigenvalue weighted by molar-refractivity contribution is -0.123. The fraction of sp³-hybridized carbons (Fsp3) is 0.562. The molecule has 0 aliphatic rings. The van der Waals surface area contributed by atoms with Crippen LogP contribution in [0.1, 0.15) is 33.3 Å². The average Bonchev–Trinajstić information content (AvgIpc) is 2.36. The van der Waals surface area contributed by atoms with E-state index in [2.05, 4.69) is 24.5 Å². The fourth-order valence-electron chi connectivity index (χ4n) is 1.85. The van der Waals surface area contributed by atoms with Gasteiger partial charge in [0.2, 0.25) is 0 Å². The van der Waals surface area contributed by atoms with Crippen molar-refractivity contribution in [3.05, 3.63) is 28.8 Å². The van der Waals surface area contributed by atoms with Crippen molar-refractivity contribution in [1.82, 2.24) is 10.6 Å². The zero-order valence-corrected chi connectivity index (χ0v) is 14.0. The minimum Gasteiger partial charge on any atom is -0.482 e. The summed E-state index contributed by atoms with van der Waals surface area (Å²) in [5.41, 5.74) is 0.959. The summed E-state index contributed by atoms with van der Waals surface area (Å²) in [6.07, 6.45) is 0. The van der Waals surface area contributed by atoms with Crippen LogP contribution in [0.15, 0.2) is 18.2 Å². The summed E-state index contributed by atoms with van der Waals surface area (Å²) in [6.45, 7) is 9.68. The molecule has 0 bridgehead atoms. The molecule has 0 aliphatic carbocycles. The number of nitrogens with one attached hydrogen (secondary N) is 2. The Balaban J connectivity index is 2.64. The van der Waals surface area contributed by atoms with Gasteiger partial charge in [0, 0.05) is 18.2 Å². The third-order valence-corrected chi connectivity index (χ3v) is 3.01. The van der Waals surface area contributed by atoms with Gasteiger partial charge in [-0.05, 0) is 32.4 Å².